The van der Waals surface area contributed by atoms with E-state index in [9.17, 15) is 4.79 Å². The van der Waals surface area contributed by atoms with Gasteiger partial charge in [0.25, 0.3) is 5.91 Å². The molecule has 0 unspecified atom stereocenters. The molecule has 7 nitrogen and oxygen atoms in total. The Kier molecular flexibility index (Phi) is 9.73. The minimum Gasteiger partial charge on any atom is -0.484 e. The molecule has 1 amide bonds. The van der Waals surface area contributed by atoms with Crippen molar-refractivity contribution in [2.24, 2.45) is 0 Å². The number of aromatic nitrogens is 1. The van der Waals surface area contributed by atoms with Crippen LogP contribution in [-0.4, -0.2) is 60.6 Å². The van der Waals surface area contributed by atoms with Gasteiger partial charge in [-0.15, -0.1) is 0 Å². The Morgan fingerprint density at radius 2 is 1.76 bits per heavy atom. The molecule has 0 saturated heterocycles. The van der Waals surface area contributed by atoms with Crippen molar-refractivity contribution in [2.45, 2.75) is 19.5 Å². The molecule has 0 radical (unpaired) electrons. The van der Waals surface area contributed by atoms with E-state index in [1.54, 1.807) is 31.4 Å². The molecule has 212 valence electrons. The van der Waals surface area contributed by atoms with E-state index in [0.717, 1.165) is 55.0 Å². The van der Waals surface area contributed by atoms with E-state index < -0.39 is 0 Å². The third-order valence-corrected chi connectivity index (χ3v) is 7.43. The Hall–Kier alpha value is -4.07. The van der Waals surface area contributed by atoms with Gasteiger partial charge in [0.1, 0.15) is 5.75 Å². The summed E-state index contributed by atoms with van der Waals surface area (Å²) in [7, 11) is 1.61. The molecule has 1 aliphatic rings. The van der Waals surface area contributed by atoms with E-state index >= 15 is 0 Å². The molecule has 1 aliphatic heterocycles. The smallest absolute Gasteiger partial charge is 0.260 e. The third kappa shape index (κ3) is 7.99. The predicted molar refractivity (Wildman–Crippen MR) is 163 cm³/mol. The van der Waals surface area contributed by atoms with Crippen molar-refractivity contribution in [3.8, 4) is 22.8 Å². The number of fused-ring (bicyclic) bond motifs is 1. The summed E-state index contributed by atoms with van der Waals surface area (Å²) in [4.78, 5) is 22.3. The van der Waals surface area contributed by atoms with Crippen molar-refractivity contribution in [3.63, 3.8) is 0 Å². The zero-order valence-corrected chi connectivity index (χ0v) is 24.0. The number of nitrogens with one attached hydrogen (secondary N) is 1. The van der Waals surface area contributed by atoms with Crippen LogP contribution >= 0.6 is 11.6 Å². The van der Waals surface area contributed by atoms with E-state index in [0.29, 0.717) is 29.7 Å². The van der Waals surface area contributed by atoms with Crippen molar-refractivity contribution in [1.82, 2.24) is 14.8 Å². The van der Waals surface area contributed by atoms with Crippen LogP contribution in [0.2, 0.25) is 5.02 Å². The molecular weight excluding hydrogens is 536 g/mol. The summed E-state index contributed by atoms with van der Waals surface area (Å²) in [6.45, 7) is 4.37. The number of carbonyl (C=O) groups excluding carboxylic acids is 1. The van der Waals surface area contributed by atoms with Gasteiger partial charge in [-0.3, -0.25) is 9.69 Å². The van der Waals surface area contributed by atoms with Gasteiger partial charge in [0.15, 0.2) is 6.61 Å². The Bertz CT molecular complexity index is 1420. The third-order valence-electron chi connectivity index (χ3n) is 7.18. The lowest BCUT2D eigenvalue weighted by Crippen LogP contribution is -2.40. The number of hydrogen-bond acceptors (Lipinski definition) is 6. The topological polar surface area (TPSA) is 66.9 Å². The maximum absolute atomic E-state index is 13.6. The quantitative estimate of drug-likeness (QED) is 0.288. The number of halogens is 1. The summed E-state index contributed by atoms with van der Waals surface area (Å²) < 4.78 is 11.1. The van der Waals surface area contributed by atoms with Crippen LogP contribution in [0.4, 0.5) is 5.69 Å². The second kappa shape index (κ2) is 14.0. The molecule has 0 bridgehead atoms. The number of ether oxygens (including phenoxy) is 2. The highest BCUT2D eigenvalue weighted by Gasteiger charge is 2.20. The van der Waals surface area contributed by atoms with Gasteiger partial charge in [0, 0.05) is 67.8 Å². The molecule has 0 aliphatic carbocycles. The molecule has 8 heteroatoms. The molecule has 0 fully saturated rings. The largest absolute Gasteiger partial charge is 0.484 e. The number of nitrogens with zero attached hydrogens (tertiary/aromatic N) is 3. The van der Waals surface area contributed by atoms with Crippen molar-refractivity contribution >= 4 is 23.2 Å². The van der Waals surface area contributed by atoms with E-state index in [4.69, 9.17) is 21.1 Å². The average Bonchev–Trinajstić information content (AvgIpc) is 3.05. The van der Waals surface area contributed by atoms with Gasteiger partial charge in [0.05, 0.1) is 7.11 Å². The van der Waals surface area contributed by atoms with E-state index in [-0.39, 0.29) is 12.5 Å². The fourth-order valence-electron chi connectivity index (χ4n) is 4.91. The lowest BCUT2D eigenvalue weighted by Gasteiger charge is -2.28. The molecular formula is C33H35ClN4O3. The molecule has 0 saturated carbocycles. The van der Waals surface area contributed by atoms with Gasteiger partial charge in [-0.25, -0.2) is 4.98 Å². The standard InChI is InChI=1S/C33H35ClN4O3/c1-40-32-15-9-27(21-36-32)26-8-14-31-28(20-26)23-38(33(39)24-41-30-12-10-29(34)11-13-30)19-18-37(17-5-16-35-31)22-25-6-3-2-4-7-25/h2-4,6-15,20-21,35H,5,16-19,22-24H2,1H3. The summed E-state index contributed by atoms with van der Waals surface area (Å²) in [6, 6.07) is 27.7. The second-order valence-electron chi connectivity index (χ2n) is 10.1. The fraction of sp³-hybridized carbons (Fsp3) is 0.273. The van der Waals surface area contributed by atoms with Gasteiger partial charge in [-0.2, -0.15) is 0 Å². The lowest BCUT2D eigenvalue weighted by atomic mass is 10.0. The van der Waals surface area contributed by atoms with Crippen molar-refractivity contribution in [2.75, 3.05) is 45.2 Å². The number of amides is 1. The van der Waals surface area contributed by atoms with Crippen LogP contribution in [0.25, 0.3) is 11.1 Å². The normalized spacial score (nSPS) is 14.3. The van der Waals surface area contributed by atoms with E-state index in [1.807, 2.05) is 29.3 Å². The van der Waals surface area contributed by atoms with Crippen LogP contribution < -0.4 is 14.8 Å². The second-order valence-corrected chi connectivity index (χ2v) is 10.5. The van der Waals surface area contributed by atoms with Crippen molar-refractivity contribution < 1.29 is 14.3 Å². The molecule has 1 N–H and O–H groups in total. The highest BCUT2D eigenvalue weighted by atomic mass is 35.5. The summed E-state index contributed by atoms with van der Waals surface area (Å²) in [5.74, 6) is 1.12. The predicted octanol–water partition coefficient (Wildman–Crippen LogP) is 6.14. The monoisotopic (exact) mass is 570 g/mol. The number of pyridine rings is 1. The summed E-state index contributed by atoms with van der Waals surface area (Å²) in [5, 5.41) is 4.25. The minimum absolute atomic E-state index is 0.0504. The maximum atomic E-state index is 13.6. The summed E-state index contributed by atoms with van der Waals surface area (Å²) in [5.41, 5.74) is 5.37. The van der Waals surface area contributed by atoms with Crippen LogP contribution in [0.1, 0.15) is 17.5 Å². The number of benzene rings is 3. The number of carbonyl (C=O) groups is 1. The molecule has 0 spiro atoms. The number of anilines is 1. The highest BCUT2D eigenvalue weighted by Crippen LogP contribution is 2.28. The molecule has 41 heavy (non-hydrogen) atoms. The SMILES string of the molecule is COc1ccc(-c2ccc3c(c2)CN(C(=O)COc2ccc(Cl)cc2)CCN(Cc2ccccc2)CCCN3)cn1. The van der Waals surface area contributed by atoms with Gasteiger partial charge in [-0.05, 0) is 65.6 Å². The molecule has 2 heterocycles. The van der Waals surface area contributed by atoms with Gasteiger partial charge in [0.2, 0.25) is 5.88 Å². The van der Waals surface area contributed by atoms with Crippen molar-refractivity contribution in [1.29, 1.82) is 0 Å². The van der Waals surface area contributed by atoms with Gasteiger partial charge >= 0.3 is 0 Å². The van der Waals surface area contributed by atoms with Gasteiger partial charge in [-0.1, -0.05) is 48.0 Å². The van der Waals surface area contributed by atoms with E-state index in [2.05, 4.69) is 57.7 Å². The summed E-state index contributed by atoms with van der Waals surface area (Å²) in [6.07, 6.45) is 2.80. The van der Waals surface area contributed by atoms with Crippen LogP contribution in [0.5, 0.6) is 11.6 Å². The average molecular weight is 571 g/mol. The number of rotatable bonds is 7. The van der Waals surface area contributed by atoms with Crippen LogP contribution in [-0.2, 0) is 17.9 Å². The molecule has 5 rings (SSSR count). The highest BCUT2D eigenvalue weighted by molar-refractivity contribution is 6.30. The zero-order valence-electron chi connectivity index (χ0n) is 23.3. The first-order valence-electron chi connectivity index (χ1n) is 13.9. The Labute approximate surface area is 246 Å². The van der Waals surface area contributed by atoms with Crippen LogP contribution in [0.15, 0.2) is 91.1 Å². The first kappa shape index (κ1) is 28.5. The minimum atomic E-state index is -0.0682. The Morgan fingerprint density at radius 1 is 0.951 bits per heavy atom. The van der Waals surface area contributed by atoms with Crippen molar-refractivity contribution in [3.05, 3.63) is 107 Å². The van der Waals surface area contributed by atoms with Crippen LogP contribution in [0.3, 0.4) is 0 Å². The van der Waals surface area contributed by atoms with Crippen LogP contribution in [0, 0.1) is 0 Å². The van der Waals surface area contributed by atoms with Gasteiger partial charge < -0.3 is 19.7 Å². The fourth-order valence-corrected chi connectivity index (χ4v) is 5.04. The maximum Gasteiger partial charge on any atom is 0.260 e. The Balaban J connectivity index is 1.38. The molecule has 1 aromatic heterocycles. The zero-order chi connectivity index (χ0) is 28.4. The van der Waals surface area contributed by atoms with E-state index in [1.165, 1.54) is 5.56 Å². The first-order valence-corrected chi connectivity index (χ1v) is 14.2. The summed E-state index contributed by atoms with van der Waals surface area (Å²) >= 11 is 6.01. The lowest BCUT2D eigenvalue weighted by molar-refractivity contribution is -0.134. The molecule has 0 atom stereocenters. The molecule has 3 aromatic carbocycles. The number of methoxy groups -OCH3 is 1. The number of hydrogen-bond donors (Lipinski definition) is 1. The Morgan fingerprint density at radius 3 is 2.51 bits per heavy atom. The molecule has 4 aromatic rings. The first-order chi connectivity index (χ1) is 20.1.